The Balaban J connectivity index is 2.80. The SMILES string of the molecule is [B]C(=C)P. The second kappa shape index (κ2) is 1.54. The molecule has 2 radical (unpaired) electrons. The van der Waals surface area contributed by atoms with Crippen molar-refractivity contribution in [1.82, 2.24) is 0 Å². The van der Waals surface area contributed by atoms with Gasteiger partial charge in [-0.15, -0.1) is 21.0 Å². The second-order valence-electron chi connectivity index (χ2n) is 0.575. The summed E-state index contributed by atoms with van der Waals surface area (Å²) in [7, 11) is 7.12. The number of hydrogen-bond acceptors (Lipinski definition) is 0. The van der Waals surface area contributed by atoms with Crippen LogP contribution >= 0.6 is 9.24 Å². The maximum atomic E-state index is 4.88. The largest absolute Gasteiger partial charge is 0.122 e. The first kappa shape index (κ1) is 4.23. The zero-order valence-electron chi connectivity index (χ0n) is 2.36. The van der Waals surface area contributed by atoms with E-state index in [2.05, 4.69) is 15.8 Å². The fourth-order valence-electron chi connectivity index (χ4n) is 0. The standard InChI is InChI=1S/C2H4BP/c1-2(3)4/h1,4H2. The van der Waals surface area contributed by atoms with Crippen LogP contribution in [0.2, 0.25) is 0 Å². The van der Waals surface area contributed by atoms with Gasteiger partial charge in [0.05, 0.1) is 0 Å². The van der Waals surface area contributed by atoms with E-state index in [9.17, 15) is 0 Å². The molecule has 0 fully saturated rings. The summed E-state index contributed by atoms with van der Waals surface area (Å²) in [6.45, 7) is 3.30. The van der Waals surface area contributed by atoms with Crippen LogP contribution in [0.1, 0.15) is 0 Å². The van der Waals surface area contributed by atoms with E-state index in [1.165, 1.54) is 0 Å². The lowest BCUT2D eigenvalue weighted by molar-refractivity contribution is 2.49. The zero-order chi connectivity index (χ0) is 3.58. The summed E-state index contributed by atoms with van der Waals surface area (Å²) in [6.07, 6.45) is 0. The molecule has 0 nitrogen and oxygen atoms in total. The molecule has 0 rings (SSSR count). The topological polar surface area (TPSA) is 0 Å². The van der Waals surface area contributed by atoms with E-state index in [0.717, 1.165) is 0 Å². The summed E-state index contributed by atoms with van der Waals surface area (Å²) in [6, 6.07) is 0. The van der Waals surface area contributed by atoms with Gasteiger partial charge in [-0.1, -0.05) is 0 Å². The molecule has 0 aromatic heterocycles. The predicted octanol–water partition coefficient (Wildman–Crippen LogP) is 0.501. The summed E-state index contributed by atoms with van der Waals surface area (Å²) >= 11 is 0. The molecule has 0 spiro atoms. The maximum Gasteiger partial charge on any atom is 0.113 e. The minimum atomic E-state index is 0.583. The highest BCUT2D eigenvalue weighted by Crippen LogP contribution is 1.88. The Kier molecular flexibility index (Phi) is 1.63. The summed E-state index contributed by atoms with van der Waals surface area (Å²) in [5, 5.41) is 0.583. The first-order chi connectivity index (χ1) is 1.73. The fourth-order valence-corrected chi connectivity index (χ4v) is 0. The maximum absolute atomic E-state index is 4.88. The van der Waals surface area contributed by atoms with Crippen molar-refractivity contribution in [3.63, 3.8) is 0 Å². The number of hydrogen-bond donors (Lipinski definition) is 0. The van der Waals surface area contributed by atoms with E-state index in [0.29, 0.717) is 5.21 Å². The van der Waals surface area contributed by atoms with Crippen molar-refractivity contribution in [3.8, 4) is 0 Å². The van der Waals surface area contributed by atoms with Gasteiger partial charge in [0.25, 0.3) is 0 Å². The summed E-state index contributed by atoms with van der Waals surface area (Å²) in [5.74, 6) is 0. The van der Waals surface area contributed by atoms with Crippen LogP contribution in [0.4, 0.5) is 0 Å². The predicted molar refractivity (Wildman–Crippen MR) is 24.6 cm³/mol. The third kappa shape index (κ3) is 61.8. The molecule has 0 aliphatic carbocycles. The minimum Gasteiger partial charge on any atom is -0.122 e. The Morgan fingerprint density at radius 1 is 2.00 bits per heavy atom. The second-order valence-corrected chi connectivity index (χ2v) is 1.32. The van der Waals surface area contributed by atoms with E-state index < -0.39 is 0 Å². The van der Waals surface area contributed by atoms with Crippen LogP contribution in [0.15, 0.2) is 11.8 Å². The molecule has 0 bridgehead atoms. The molecule has 0 aliphatic rings. The van der Waals surface area contributed by atoms with Crippen LogP contribution in [0, 0.1) is 0 Å². The van der Waals surface area contributed by atoms with Gasteiger partial charge in [-0.3, -0.25) is 0 Å². The van der Waals surface area contributed by atoms with Gasteiger partial charge in [-0.05, 0) is 0 Å². The van der Waals surface area contributed by atoms with Crippen molar-refractivity contribution in [1.29, 1.82) is 0 Å². The molecule has 0 aromatic carbocycles. The van der Waals surface area contributed by atoms with E-state index >= 15 is 0 Å². The van der Waals surface area contributed by atoms with E-state index in [-0.39, 0.29) is 0 Å². The Morgan fingerprint density at radius 2 is 2.00 bits per heavy atom. The molecule has 20 valence electrons. The molecule has 1 unspecified atom stereocenters. The molecule has 0 N–H and O–H groups in total. The Bertz CT molecular complexity index is 29.0. The van der Waals surface area contributed by atoms with E-state index in [1.807, 2.05) is 0 Å². The molecular weight excluding hydrogens is 65.8 g/mol. The van der Waals surface area contributed by atoms with Gasteiger partial charge >= 0.3 is 0 Å². The average molecular weight is 69.8 g/mol. The highest BCUT2D eigenvalue weighted by molar-refractivity contribution is 7.26. The van der Waals surface area contributed by atoms with Crippen molar-refractivity contribution >= 4 is 17.1 Å². The van der Waals surface area contributed by atoms with Crippen molar-refractivity contribution < 1.29 is 0 Å². The summed E-state index contributed by atoms with van der Waals surface area (Å²) in [4.78, 5) is 0. The van der Waals surface area contributed by atoms with Gasteiger partial charge in [0, 0.05) is 0 Å². The van der Waals surface area contributed by atoms with Crippen molar-refractivity contribution in [2.45, 2.75) is 0 Å². The monoisotopic (exact) mass is 70.0 g/mol. The van der Waals surface area contributed by atoms with Crippen molar-refractivity contribution in [2.75, 3.05) is 0 Å². The van der Waals surface area contributed by atoms with Crippen molar-refractivity contribution in [3.05, 3.63) is 11.8 Å². The molecule has 0 aromatic rings. The highest BCUT2D eigenvalue weighted by Gasteiger charge is 1.52. The lowest BCUT2D eigenvalue weighted by Gasteiger charge is -1.65. The fraction of sp³-hybridized carbons (Fsp3) is 0. The quantitative estimate of drug-likeness (QED) is 0.287. The normalized spacial score (nSPS) is 6.25. The molecular formula is C2H4BP. The first-order valence-electron chi connectivity index (χ1n) is 0.931. The number of rotatable bonds is 0. The molecule has 0 saturated carbocycles. The average Bonchev–Trinajstić information content (AvgIpc) is 0.811. The first-order valence-corrected chi connectivity index (χ1v) is 1.51. The molecule has 0 saturated heterocycles. The van der Waals surface area contributed by atoms with Crippen LogP contribution in [-0.2, 0) is 0 Å². The van der Waals surface area contributed by atoms with Gasteiger partial charge in [-0.2, -0.15) is 0 Å². The van der Waals surface area contributed by atoms with Gasteiger partial charge < -0.3 is 0 Å². The lowest BCUT2D eigenvalue weighted by Crippen LogP contribution is -1.48. The minimum absolute atomic E-state index is 0.583. The van der Waals surface area contributed by atoms with Gasteiger partial charge in [0.2, 0.25) is 0 Å². The van der Waals surface area contributed by atoms with Crippen LogP contribution < -0.4 is 0 Å². The summed E-state index contributed by atoms with van der Waals surface area (Å²) in [5.41, 5.74) is 0. The van der Waals surface area contributed by atoms with Crippen LogP contribution in [-0.4, -0.2) is 7.85 Å². The Morgan fingerprint density at radius 3 is 2.00 bits per heavy atom. The van der Waals surface area contributed by atoms with E-state index in [1.54, 1.807) is 0 Å². The Labute approximate surface area is 29.9 Å². The lowest BCUT2D eigenvalue weighted by atomic mass is 10.2. The van der Waals surface area contributed by atoms with Gasteiger partial charge in [-0.25, -0.2) is 0 Å². The Hall–Kier alpha value is 0.235. The van der Waals surface area contributed by atoms with E-state index in [4.69, 9.17) is 7.85 Å². The molecule has 2 heteroatoms. The molecule has 4 heavy (non-hydrogen) atoms. The highest BCUT2D eigenvalue weighted by atomic mass is 31.0. The van der Waals surface area contributed by atoms with Crippen LogP contribution in [0.25, 0.3) is 0 Å². The third-order valence-electron chi connectivity index (χ3n) is 0. The van der Waals surface area contributed by atoms with Crippen LogP contribution in [0.3, 0.4) is 0 Å². The molecule has 0 amide bonds. The third-order valence-corrected chi connectivity index (χ3v) is 0. The smallest absolute Gasteiger partial charge is 0.113 e. The van der Waals surface area contributed by atoms with Crippen molar-refractivity contribution in [2.24, 2.45) is 0 Å². The summed E-state index contributed by atoms with van der Waals surface area (Å²) < 4.78 is 0. The molecule has 0 heterocycles. The zero-order valence-corrected chi connectivity index (χ0v) is 3.52. The van der Waals surface area contributed by atoms with Crippen LogP contribution in [0.5, 0.6) is 0 Å². The van der Waals surface area contributed by atoms with Gasteiger partial charge in [0.1, 0.15) is 7.85 Å². The molecule has 1 atom stereocenters. The molecule has 0 aliphatic heterocycles. The van der Waals surface area contributed by atoms with Gasteiger partial charge in [0.15, 0.2) is 0 Å².